The molecule has 0 saturated heterocycles. The third kappa shape index (κ3) is 2.68. The van der Waals surface area contributed by atoms with Gasteiger partial charge in [0.15, 0.2) is 14.6 Å². The molecule has 4 aromatic heterocycles. The highest BCUT2D eigenvalue weighted by molar-refractivity contribution is 7.73. The summed E-state index contributed by atoms with van der Waals surface area (Å²) < 4.78 is 5.75. The summed E-state index contributed by atoms with van der Waals surface area (Å²) in [5.74, 6) is 0. The van der Waals surface area contributed by atoms with Gasteiger partial charge in [0.2, 0.25) is 0 Å². The highest BCUT2D eigenvalue weighted by Gasteiger charge is 2.12. The van der Waals surface area contributed by atoms with Crippen molar-refractivity contribution in [2.75, 3.05) is 0 Å². The van der Waals surface area contributed by atoms with Crippen LogP contribution in [0.3, 0.4) is 0 Å². The molecule has 0 unspecified atom stereocenters. The van der Waals surface area contributed by atoms with Crippen molar-refractivity contribution >= 4 is 50.2 Å². The quantitative estimate of drug-likeness (QED) is 0.395. The highest BCUT2D eigenvalue weighted by Crippen LogP contribution is 2.18. The molecular formula is C15H11N5O2S3. The first kappa shape index (κ1) is 16.1. The fourth-order valence-corrected chi connectivity index (χ4v) is 4.57. The highest BCUT2D eigenvalue weighted by atomic mass is 32.1. The van der Waals surface area contributed by atoms with E-state index in [9.17, 15) is 9.59 Å². The zero-order valence-corrected chi connectivity index (χ0v) is 15.2. The van der Waals surface area contributed by atoms with Crippen LogP contribution in [-0.2, 0) is 13.1 Å². The Kier molecular flexibility index (Phi) is 3.94. The third-order valence-corrected chi connectivity index (χ3v) is 5.83. The molecule has 0 spiro atoms. The number of nitrogens with zero attached hydrogens (tertiary/aromatic N) is 5. The Morgan fingerprint density at radius 2 is 2.20 bits per heavy atom. The zero-order chi connectivity index (χ0) is 17.6. The Bertz CT molecular complexity index is 1290. The lowest BCUT2D eigenvalue weighted by molar-refractivity contribution is 0.723. The number of allylic oxidation sites excluding steroid dienone is 1. The maximum Gasteiger partial charge on any atom is 0.273 e. The average Bonchev–Trinajstić information content (AvgIpc) is 3.17. The molecule has 126 valence electrons. The molecule has 4 rings (SSSR count). The first-order chi connectivity index (χ1) is 12.1. The van der Waals surface area contributed by atoms with E-state index < -0.39 is 0 Å². The largest absolute Gasteiger partial charge is 0.304 e. The molecule has 0 aliphatic carbocycles. The summed E-state index contributed by atoms with van der Waals surface area (Å²) in [4.78, 5) is 34.2. The molecule has 0 aliphatic heterocycles. The summed E-state index contributed by atoms with van der Waals surface area (Å²) in [6, 6.07) is 1.43. The van der Waals surface area contributed by atoms with Crippen LogP contribution in [0.25, 0.3) is 15.3 Å². The van der Waals surface area contributed by atoms with Gasteiger partial charge in [-0.3, -0.25) is 18.6 Å². The molecule has 0 fully saturated rings. The number of hydrogen-bond acceptors (Lipinski definition) is 7. The van der Waals surface area contributed by atoms with Gasteiger partial charge in [-0.2, -0.15) is 0 Å². The van der Waals surface area contributed by atoms with Gasteiger partial charge < -0.3 is 4.57 Å². The number of fused-ring (bicyclic) bond motifs is 2. The molecule has 10 heteroatoms. The van der Waals surface area contributed by atoms with Crippen molar-refractivity contribution in [1.29, 1.82) is 0 Å². The van der Waals surface area contributed by atoms with Crippen LogP contribution in [0.1, 0.15) is 5.69 Å². The van der Waals surface area contributed by atoms with Crippen molar-refractivity contribution in [3.63, 3.8) is 0 Å². The second kappa shape index (κ2) is 6.14. The minimum Gasteiger partial charge on any atom is -0.304 e. The van der Waals surface area contributed by atoms with Crippen molar-refractivity contribution in [2.24, 2.45) is 0 Å². The van der Waals surface area contributed by atoms with Gasteiger partial charge in [0.1, 0.15) is 11.0 Å². The van der Waals surface area contributed by atoms with Crippen LogP contribution in [0.4, 0.5) is 0 Å². The summed E-state index contributed by atoms with van der Waals surface area (Å²) in [7, 11) is 0. The maximum atomic E-state index is 12.7. The second-order valence-corrected chi connectivity index (χ2v) is 7.76. The van der Waals surface area contributed by atoms with Gasteiger partial charge in [-0.15, -0.1) is 17.9 Å². The van der Waals surface area contributed by atoms with Crippen LogP contribution in [0.5, 0.6) is 0 Å². The molecular weight excluding hydrogens is 378 g/mol. The Morgan fingerprint density at radius 1 is 1.36 bits per heavy atom. The summed E-state index contributed by atoms with van der Waals surface area (Å²) >= 11 is 7.90. The van der Waals surface area contributed by atoms with E-state index in [4.69, 9.17) is 12.2 Å². The van der Waals surface area contributed by atoms with Crippen LogP contribution in [0.15, 0.2) is 46.2 Å². The van der Waals surface area contributed by atoms with Gasteiger partial charge >= 0.3 is 0 Å². The maximum absolute atomic E-state index is 12.7. The standard InChI is InChI=1S/C15H11N5O2S3/c1-2-3-20-12-11(25-15(20)23)13(22)18(8-16-12)7-9-6-10(21)19-4-5-24-14(19)17-9/h2,4-6,8H,1,3,7H2. The molecule has 0 atom stereocenters. The van der Waals surface area contributed by atoms with Crippen molar-refractivity contribution < 1.29 is 0 Å². The molecule has 7 nitrogen and oxygen atoms in total. The smallest absolute Gasteiger partial charge is 0.273 e. The molecule has 0 amide bonds. The zero-order valence-electron chi connectivity index (χ0n) is 12.8. The van der Waals surface area contributed by atoms with Crippen molar-refractivity contribution in [3.05, 3.63) is 67.0 Å². The van der Waals surface area contributed by atoms with E-state index in [2.05, 4.69) is 16.5 Å². The average molecular weight is 389 g/mol. The molecule has 4 aromatic rings. The Balaban J connectivity index is 1.82. The van der Waals surface area contributed by atoms with Gasteiger partial charge in [0.25, 0.3) is 11.1 Å². The van der Waals surface area contributed by atoms with E-state index in [0.717, 1.165) is 0 Å². The van der Waals surface area contributed by atoms with Gasteiger partial charge in [0.05, 0.1) is 12.2 Å². The Morgan fingerprint density at radius 3 is 3.00 bits per heavy atom. The van der Waals surface area contributed by atoms with Crippen LogP contribution >= 0.6 is 34.9 Å². The van der Waals surface area contributed by atoms with Crippen LogP contribution in [0.2, 0.25) is 0 Å². The predicted molar refractivity (Wildman–Crippen MR) is 101 cm³/mol. The summed E-state index contributed by atoms with van der Waals surface area (Å²) in [5.41, 5.74) is 0.705. The monoisotopic (exact) mass is 389 g/mol. The van der Waals surface area contributed by atoms with E-state index in [1.807, 2.05) is 0 Å². The minimum absolute atomic E-state index is 0.170. The molecule has 4 heterocycles. The minimum atomic E-state index is -0.197. The molecule has 0 radical (unpaired) electrons. The Labute approximate surface area is 153 Å². The number of rotatable bonds is 4. The lowest BCUT2D eigenvalue weighted by Gasteiger charge is -2.05. The van der Waals surface area contributed by atoms with Crippen molar-refractivity contribution in [3.8, 4) is 0 Å². The van der Waals surface area contributed by atoms with E-state index in [1.54, 1.807) is 22.2 Å². The van der Waals surface area contributed by atoms with Gasteiger partial charge in [-0.25, -0.2) is 9.97 Å². The van der Waals surface area contributed by atoms with Crippen LogP contribution < -0.4 is 11.1 Å². The molecule has 0 N–H and O–H groups in total. The lowest BCUT2D eigenvalue weighted by Crippen LogP contribution is -2.23. The summed E-state index contributed by atoms with van der Waals surface area (Å²) in [6.45, 7) is 4.38. The van der Waals surface area contributed by atoms with Gasteiger partial charge in [-0.05, 0) is 12.2 Å². The normalized spacial score (nSPS) is 11.4. The van der Waals surface area contributed by atoms with Crippen LogP contribution in [-0.4, -0.2) is 23.5 Å². The Hall–Kier alpha value is -2.43. The topological polar surface area (TPSA) is 74.2 Å². The fraction of sp³-hybridized carbons (Fsp3) is 0.133. The van der Waals surface area contributed by atoms with Crippen molar-refractivity contribution in [2.45, 2.75) is 13.1 Å². The van der Waals surface area contributed by atoms with Gasteiger partial charge in [-0.1, -0.05) is 17.4 Å². The number of hydrogen-bond donors (Lipinski definition) is 0. The summed E-state index contributed by atoms with van der Waals surface area (Å²) in [5, 5.41) is 1.79. The molecule has 0 aliphatic rings. The first-order valence-corrected chi connectivity index (χ1v) is 9.34. The van der Waals surface area contributed by atoms with E-state index in [0.29, 0.717) is 31.5 Å². The molecule has 0 bridgehead atoms. The fourth-order valence-electron chi connectivity index (χ4n) is 2.52. The van der Waals surface area contributed by atoms with E-state index in [1.165, 1.54) is 44.0 Å². The molecule has 0 saturated carbocycles. The first-order valence-electron chi connectivity index (χ1n) is 7.24. The number of aromatic nitrogens is 5. The SMILES string of the molecule is C=CCn1c(=S)sc2c(=O)n(Cc3cc(=O)n4ccsc4n3)cnc21. The van der Waals surface area contributed by atoms with Gasteiger partial charge in [0, 0.05) is 24.2 Å². The summed E-state index contributed by atoms with van der Waals surface area (Å²) in [6.07, 6.45) is 4.85. The van der Waals surface area contributed by atoms with E-state index in [-0.39, 0.29) is 17.7 Å². The van der Waals surface area contributed by atoms with Crippen LogP contribution in [0, 0.1) is 3.95 Å². The predicted octanol–water partition coefficient (Wildman–Crippen LogP) is 2.29. The molecule has 25 heavy (non-hydrogen) atoms. The second-order valence-electron chi connectivity index (χ2n) is 5.24. The lowest BCUT2D eigenvalue weighted by atomic mass is 10.4. The third-order valence-electron chi connectivity index (χ3n) is 3.64. The molecule has 0 aromatic carbocycles. The van der Waals surface area contributed by atoms with Crippen molar-refractivity contribution in [1.82, 2.24) is 23.5 Å². The van der Waals surface area contributed by atoms with E-state index >= 15 is 0 Å². The number of thiazole rings is 2.